The molecule has 0 radical (unpaired) electrons. The van der Waals surface area contributed by atoms with Crippen molar-refractivity contribution in [2.45, 2.75) is 54.0 Å². The Labute approximate surface area is 176 Å². The maximum absolute atomic E-state index is 4.75. The first-order chi connectivity index (χ1) is 13.8. The molecule has 0 amide bonds. The highest BCUT2D eigenvalue weighted by Gasteiger charge is 2.30. The number of aliphatic imine (C=N–C) groups is 1. The smallest absolute Gasteiger partial charge is 0.0631 e. The molecule has 2 aromatic rings. The molecule has 0 bridgehead atoms. The molecule has 0 aromatic heterocycles. The summed E-state index contributed by atoms with van der Waals surface area (Å²) in [5.41, 5.74) is 8.71. The van der Waals surface area contributed by atoms with Crippen molar-refractivity contribution in [3.8, 4) is 0 Å². The summed E-state index contributed by atoms with van der Waals surface area (Å²) in [7, 11) is 0. The summed E-state index contributed by atoms with van der Waals surface area (Å²) in [6.07, 6.45) is 4.38. The average molecular weight is 390 g/mol. The van der Waals surface area contributed by atoms with E-state index in [1.807, 2.05) is 6.21 Å². The summed E-state index contributed by atoms with van der Waals surface area (Å²) in [5, 5.41) is 0. The predicted octanol–water partition coefficient (Wildman–Crippen LogP) is 6.61. The molecule has 3 rings (SSSR count). The van der Waals surface area contributed by atoms with Crippen molar-refractivity contribution in [1.29, 1.82) is 0 Å². The van der Waals surface area contributed by atoms with E-state index in [-0.39, 0.29) is 5.54 Å². The normalized spacial score (nSPS) is 15.4. The summed E-state index contributed by atoms with van der Waals surface area (Å²) in [4.78, 5) is 9.58. The van der Waals surface area contributed by atoms with E-state index in [4.69, 9.17) is 4.99 Å². The van der Waals surface area contributed by atoms with Crippen LogP contribution in [-0.4, -0.2) is 31.4 Å². The minimum Gasteiger partial charge on any atom is -0.372 e. The molecule has 0 atom stereocenters. The predicted molar refractivity (Wildman–Crippen MR) is 129 cm³/mol. The third-order valence-corrected chi connectivity index (χ3v) is 6.01. The van der Waals surface area contributed by atoms with E-state index in [0.29, 0.717) is 0 Å². The van der Waals surface area contributed by atoms with E-state index in [0.717, 1.165) is 25.3 Å². The number of anilines is 2. The van der Waals surface area contributed by atoms with Crippen LogP contribution in [-0.2, 0) is 0 Å². The van der Waals surface area contributed by atoms with Gasteiger partial charge in [0.2, 0.25) is 0 Å². The van der Waals surface area contributed by atoms with Gasteiger partial charge in [0, 0.05) is 42.8 Å². The fourth-order valence-corrected chi connectivity index (χ4v) is 4.44. The third kappa shape index (κ3) is 4.24. The van der Waals surface area contributed by atoms with E-state index >= 15 is 0 Å². The fraction of sp³-hybridized carbons (Fsp3) is 0.423. The van der Waals surface area contributed by atoms with Crippen LogP contribution in [0.5, 0.6) is 0 Å². The molecule has 0 aliphatic carbocycles. The fourth-order valence-electron chi connectivity index (χ4n) is 4.44. The monoisotopic (exact) mass is 389 g/mol. The van der Waals surface area contributed by atoms with Crippen LogP contribution in [0.4, 0.5) is 17.1 Å². The zero-order valence-electron chi connectivity index (χ0n) is 19.1. The second kappa shape index (κ2) is 8.44. The molecule has 0 fully saturated rings. The molecule has 29 heavy (non-hydrogen) atoms. The van der Waals surface area contributed by atoms with Crippen molar-refractivity contribution in [2.24, 2.45) is 4.99 Å². The first kappa shape index (κ1) is 21.2. The van der Waals surface area contributed by atoms with Crippen LogP contribution >= 0.6 is 0 Å². The summed E-state index contributed by atoms with van der Waals surface area (Å²) in [5.74, 6) is 0. The molecular weight excluding hydrogens is 354 g/mol. The molecule has 1 heterocycles. The van der Waals surface area contributed by atoms with E-state index in [9.17, 15) is 0 Å². The Morgan fingerprint density at radius 3 is 2.24 bits per heavy atom. The highest BCUT2D eigenvalue weighted by molar-refractivity contribution is 5.90. The van der Waals surface area contributed by atoms with Crippen LogP contribution in [0.1, 0.15) is 58.2 Å². The SMILES string of the molecule is CCN(CC)c1ccc(N=Cc2cc3c(cc2C)N(CC)C(C)(C)C=C3C)cc1. The van der Waals surface area contributed by atoms with Crippen LogP contribution in [0, 0.1) is 6.92 Å². The molecule has 2 aromatic carbocycles. The third-order valence-electron chi connectivity index (χ3n) is 6.01. The van der Waals surface area contributed by atoms with Crippen molar-refractivity contribution in [3.05, 3.63) is 59.2 Å². The molecule has 0 N–H and O–H groups in total. The number of rotatable bonds is 6. The number of hydrogen-bond donors (Lipinski definition) is 0. The summed E-state index contributed by atoms with van der Waals surface area (Å²) in [6.45, 7) is 18.6. The lowest BCUT2D eigenvalue weighted by Crippen LogP contribution is -2.45. The molecule has 3 nitrogen and oxygen atoms in total. The van der Waals surface area contributed by atoms with E-state index in [1.54, 1.807) is 0 Å². The van der Waals surface area contributed by atoms with Gasteiger partial charge >= 0.3 is 0 Å². The Kier molecular flexibility index (Phi) is 6.16. The zero-order chi connectivity index (χ0) is 21.2. The Hall–Kier alpha value is -2.55. The van der Waals surface area contributed by atoms with Crippen molar-refractivity contribution >= 4 is 28.8 Å². The van der Waals surface area contributed by atoms with Gasteiger partial charge in [-0.15, -0.1) is 0 Å². The van der Waals surface area contributed by atoms with Gasteiger partial charge in [0.05, 0.1) is 11.2 Å². The van der Waals surface area contributed by atoms with Gasteiger partial charge in [0.1, 0.15) is 0 Å². The van der Waals surface area contributed by atoms with Gasteiger partial charge in [-0.05, 0) is 102 Å². The molecule has 0 saturated carbocycles. The number of aryl methyl sites for hydroxylation is 1. The van der Waals surface area contributed by atoms with Crippen molar-refractivity contribution in [3.63, 3.8) is 0 Å². The average Bonchev–Trinajstić information content (AvgIpc) is 2.68. The molecule has 3 heteroatoms. The highest BCUT2D eigenvalue weighted by Crippen LogP contribution is 2.39. The molecule has 0 unspecified atom stereocenters. The van der Waals surface area contributed by atoms with Gasteiger partial charge in [-0.25, -0.2) is 0 Å². The molecule has 0 saturated heterocycles. The number of benzene rings is 2. The quantitative estimate of drug-likeness (QED) is 0.517. The van der Waals surface area contributed by atoms with Crippen molar-refractivity contribution in [1.82, 2.24) is 0 Å². The van der Waals surface area contributed by atoms with Gasteiger partial charge in [-0.1, -0.05) is 6.08 Å². The van der Waals surface area contributed by atoms with Gasteiger partial charge in [-0.3, -0.25) is 4.99 Å². The Morgan fingerprint density at radius 1 is 1.00 bits per heavy atom. The minimum absolute atomic E-state index is 0.0421. The highest BCUT2D eigenvalue weighted by atomic mass is 15.2. The second-order valence-corrected chi connectivity index (χ2v) is 8.40. The molecule has 0 spiro atoms. The minimum atomic E-state index is 0.0421. The number of likely N-dealkylation sites (N-methyl/N-ethyl adjacent to an activating group) is 1. The summed E-state index contributed by atoms with van der Waals surface area (Å²) in [6, 6.07) is 13.1. The standard InChI is InChI=1S/C26H35N3/c1-8-28(9-2)23-13-11-22(12-14-23)27-18-21-16-24-20(5)17-26(6,7)29(10-3)25(24)15-19(21)4/h11-18H,8-10H2,1-7H3. The van der Waals surface area contributed by atoms with E-state index < -0.39 is 0 Å². The van der Waals surface area contributed by atoms with Crippen molar-refractivity contribution < 1.29 is 0 Å². The van der Waals surface area contributed by atoms with Gasteiger partial charge in [0.15, 0.2) is 0 Å². The number of fused-ring (bicyclic) bond motifs is 1. The van der Waals surface area contributed by atoms with Gasteiger partial charge < -0.3 is 9.80 Å². The molecule has 154 valence electrons. The molecule has 1 aliphatic rings. The Morgan fingerprint density at radius 2 is 1.66 bits per heavy atom. The maximum Gasteiger partial charge on any atom is 0.0631 e. The van der Waals surface area contributed by atoms with Crippen LogP contribution in [0.2, 0.25) is 0 Å². The van der Waals surface area contributed by atoms with Crippen LogP contribution in [0.25, 0.3) is 5.57 Å². The maximum atomic E-state index is 4.75. The lowest BCUT2D eigenvalue weighted by atomic mass is 9.87. The van der Waals surface area contributed by atoms with Crippen LogP contribution < -0.4 is 9.80 Å². The van der Waals surface area contributed by atoms with Crippen LogP contribution in [0.15, 0.2) is 47.5 Å². The van der Waals surface area contributed by atoms with Crippen molar-refractivity contribution in [2.75, 3.05) is 29.4 Å². The zero-order valence-corrected chi connectivity index (χ0v) is 19.1. The van der Waals surface area contributed by atoms with Gasteiger partial charge in [-0.2, -0.15) is 0 Å². The molecule has 1 aliphatic heterocycles. The Bertz CT molecular complexity index is 916. The number of allylic oxidation sites excluding steroid dienone is 1. The second-order valence-electron chi connectivity index (χ2n) is 8.40. The van der Waals surface area contributed by atoms with E-state index in [2.05, 4.69) is 101 Å². The number of nitrogens with zero attached hydrogens (tertiary/aromatic N) is 3. The largest absolute Gasteiger partial charge is 0.372 e. The van der Waals surface area contributed by atoms with Gasteiger partial charge in [0.25, 0.3) is 0 Å². The molecular formula is C26H35N3. The topological polar surface area (TPSA) is 18.8 Å². The lowest BCUT2D eigenvalue weighted by molar-refractivity contribution is 0.566. The number of hydrogen-bond acceptors (Lipinski definition) is 3. The first-order valence-electron chi connectivity index (χ1n) is 10.8. The lowest BCUT2D eigenvalue weighted by Gasteiger charge is -2.43. The van der Waals surface area contributed by atoms with Crippen LogP contribution in [0.3, 0.4) is 0 Å². The first-order valence-corrected chi connectivity index (χ1v) is 10.8. The summed E-state index contributed by atoms with van der Waals surface area (Å²) < 4.78 is 0. The summed E-state index contributed by atoms with van der Waals surface area (Å²) >= 11 is 0. The van der Waals surface area contributed by atoms with E-state index in [1.165, 1.54) is 33.6 Å². The Balaban J connectivity index is 1.90.